The van der Waals surface area contributed by atoms with Crippen LogP contribution in [-0.4, -0.2) is 67.2 Å². The Morgan fingerprint density at radius 1 is 1.27 bits per heavy atom. The lowest BCUT2D eigenvalue weighted by Gasteiger charge is -2.51. The number of piperidine rings is 1. The Kier molecular flexibility index (Phi) is 4.24. The molecule has 0 bridgehead atoms. The van der Waals surface area contributed by atoms with E-state index in [9.17, 15) is 13.2 Å². The van der Waals surface area contributed by atoms with Crippen LogP contribution in [-0.2, 0) is 19.6 Å². The van der Waals surface area contributed by atoms with E-state index in [4.69, 9.17) is 4.74 Å². The van der Waals surface area contributed by atoms with Gasteiger partial charge < -0.3 is 9.64 Å². The van der Waals surface area contributed by atoms with Crippen LogP contribution in [0.15, 0.2) is 0 Å². The maximum absolute atomic E-state index is 12.2. The first-order chi connectivity index (χ1) is 10.4. The molecule has 1 aliphatic carbocycles. The second-order valence-corrected chi connectivity index (χ2v) is 9.08. The maximum atomic E-state index is 12.2. The van der Waals surface area contributed by atoms with E-state index in [1.54, 1.807) is 11.2 Å². The average molecular weight is 330 g/mol. The first kappa shape index (κ1) is 16.2. The fourth-order valence-electron chi connectivity index (χ4n) is 3.64. The molecule has 1 spiro atoms. The van der Waals surface area contributed by atoms with E-state index in [1.807, 2.05) is 4.90 Å². The van der Waals surface area contributed by atoms with Gasteiger partial charge in [0, 0.05) is 19.6 Å². The lowest BCUT2D eigenvalue weighted by Crippen LogP contribution is -2.64. The van der Waals surface area contributed by atoms with Crippen LogP contribution in [0.1, 0.15) is 39.5 Å². The number of carbonyl (C=O) groups is 1. The fraction of sp³-hybridized carbons (Fsp3) is 0.933. The van der Waals surface area contributed by atoms with Crippen molar-refractivity contribution in [3.8, 4) is 0 Å². The van der Waals surface area contributed by atoms with Crippen molar-refractivity contribution >= 4 is 15.9 Å². The number of hydrogen-bond acceptors (Lipinski definition) is 4. The summed E-state index contributed by atoms with van der Waals surface area (Å²) in [4.78, 5) is 14.1. The number of rotatable bonds is 4. The Morgan fingerprint density at radius 3 is 2.45 bits per heavy atom. The number of hydrogen-bond donors (Lipinski definition) is 0. The molecule has 1 saturated carbocycles. The lowest BCUT2D eigenvalue weighted by molar-refractivity contribution is -0.184. The molecule has 7 heteroatoms. The summed E-state index contributed by atoms with van der Waals surface area (Å²) in [5.74, 6) is 0.874. The quantitative estimate of drug-likeness (QED) is 0.766. The molecule has 2 aliphatic heterocycles. The highest BCUT2D eigenvalue weighted by Crippen LogP contribution is 2.39. The molecule has 2 saturated heterocycles. The topological polar surface area (TPSA) is 66.9 Å². The smallest absolute Gasteiger partial charge is 0.248 e. The third-order valence-corrected chi connectivity index (χ3v) is 7.39. The van der Waals surface area contributed by atoms with Crippen LogP contribution >= 0.6 is 0 Å². The summed E-state index contributed by atoms with van der Waals surface area (Å²) in [5, 5.41) is 0. The van der Waals surface area contributed by atoms with Crippen LogP contribution in [0.4, 0.5) is 0 Å². The van der Waals surface area contributed by atoms with Gasteiger partial charge in [-0.25, -0.2) is 12.7 Å². The van der Waals surface area contributed by atoms with Crippen molar-refractivity contribution < 1.29 is 17.9 Å². The summed E-state index contributed by atoms with van der Waals surface area (Å²) < 4.78 is 31.5. The normalized spacial score (nSPS) is 30.0. The molecule has 1 unspecified atom stereocenters. The van der Waals surface area contributed by atoms with Crippen LogP contribution < -0.4 is 0 Å². The number of carbonyl (C=O) groups excluding carboxylic acids is 1. The van der Waals surface area contributed by atoms with Crippen LogP contribution in [0, 0.1) is 5.92 Å². The molecule has 22 heavy (non-hydrogen) atoms. The van der Waals surface area contributed by atoms with E-state index in [0.29, 0.717) is 31.8 Å². The molecule has 3 rings (SSSR count). The number of amides is 1. The van der Waals surface area contributed by atoms with Gasteiger partial charge in [0.05, 0.1) is 17.4 Å². The number of morpholine rings is 1. The van der Waals surface area contributed by atoms with Crippen LogP contribution in [0.25, 0.3) is 0 Å². The fourth-order valence-corrected chi connectivity index (χ4v) is 4.74. The van der Waals surface area contributed by atoms with Gasteiger partial charge >= 0.3 is 0 Å². The van der Waals surface area contributed by atoms with Gasteiger partial charge in [0.1, 0.15) is 6.61 Å². The van der Waals surface area contributed by atoms with Crippen molar-refractivity contribution in [3.05, 3.63) is 0 Å². The monoisotopic (exact) mass is 330 g/mol. The SMILES string of the molecule is CCS(=O)(=O)N1CCC2(CC1)OCC(=O)N(CC1CC1)C2C. The second kappa shape index (κ2) is 5.76. The van der Waals surface area contributed by atoms with Gasteiger partial charge in [0.25, 0.3) is 0 Å². The van der Waals surface area contributed by atoms with E-state index in [1.165, 1.54) is 12.8 Å². The highest BCUT2D eigenvalue weighted by molar-refractivity contribution is 7.89. The van der Waals surface area contributed by atoms with Crippen LogP contribution in [0.3, 0.4) is 0 Å². The van der Waals surface area contributed by atoms with Crippen molar-refractivity contribution in [3.63, 3.8) is 0 Å². The Hall–Kier alpha value is -0.660. The predicted molar refractivity (Wildman–Crippen MR) is 82.8 cm³/mol. The Morgan fingerprint density at radius 2 is 1.91 bits per heavy atom. The standard InChI is InChI=1S/C15H26N2O4S/c1-3-22(19,20)16-8-6-15(7-9-16)12(2)17(10-13-4-5-13)14(18)11-21-15/h12-13H,3-11H2,1-2H3. The Labute approximate surface area is 132 Å². The molecule has 6 nitrogen and oxygen atoms in total. The maximum Gasteiger partial charge on any atom is 0.248 e. The Bertz CT molecular complexity index is 536. The molecule has 0 N–H and O–H groups in total. The largest absolute Gasteiger partial charge is 0.363 e. The molecule has 126 valence electrons. The number of sulfonamides is 1. The zero-order valence-electron chi connectivity index (χ0n) is 13.5. The zero-order chi connectivity index (χ0) is 16.0. The van der Waals surface area contributed by atoms with Crippen LogP contribution in [0.2, 0.25) is 0 Å². The molecule has 0 aromatic carbocycles. The minimum absolute atomic E-state index is 0.0285. The minimum atomic E-state index is -3.13. The third-order valence-electron chi connectivity index (χ3n) is 5.51. The summed E-state index contributed by atoms with van der Waals surface area (Å²) >= 11 is 0. The van der Waals surface area contributed by atoms with Gasteiger partial charge in [-0.1, -0.05) is 0 Å². The molecular weight excluding hydrogens is 304 g/mol. The molecule has 3 aliphatic rings. The van der Waals surface area contributed by atoms with Crippen molar-refractivity contribution in [2.45, 2.75) is 51.2 Å². The summed E-state index contributed by atoms with van der Waals surface area (Å²) in [6.45, 7) is 5.69. The van der Waals surface area contributed by atoms with Gasteiger partial charge in [0.2, 0.25) is 15.9 Å². The van der Waals surface area contributed by atoms with E-state index in [2.05, 4.69) is 6.92 Å². The molecule has 1 amide bonds. The van der Waals surface area contributed by atoms with E-state index < -0.39 is 10.0 Å². The molecule has 0 aromatic rings. The van der Waals surface area contributed by atoms with Crippen molar-refractivity contribution in [1.82, 2.24) is 9.21 Å². The van der Waals surface area contributed by atoms with Gasteiger partial charge in [-0.15, -0.1) is 0 Å². The second-order valence-electron chi connectivity index (χ2n) is 6.82. The van der Waals surface area contributed by atoms with Gasteiger partial charge in [-0.3, -0.25) is 4.79 Å². The number of nitrogens with zero attached hydrogens (tertiary/aromatic N) is 2. The Balaban J connectivity index is 1.70. The first-order valence-corrected chi connectivity index (χ1v) is 9.90. The summed E-state index contributed by atoms with van der Waals surface area (Å²) in [6.07, 6.45) is 3.77. The summed E-state index contributed by atoms with van der Waals surface area (Å²) in [7, 11) is -3.13. The molecule has 1 atom stereocenters. The highest BCUT2D eigenvalue weighted by Gasteiger charge is 2.49. The van der Waals surface area contributed by atoms with Crippen molar-refractivity contribution in [2.24, 2.45) is 5.92 Å². The van der Waals surface area contributed by atoms with Gasteiger partial charge in [-0.2, -0.15) is 0 Å². The molecule has 0 aromatic heterocycles. The van der Waals surface area contributed by atoms with Crippen LogP contribution in [0.5, 0.6) is 0 Å². The van der Waals surface area contributed by atoms with Crippen molar-refractivity contribution in [1.29, 1.82) is 0 Å². The molecule has 2 heterocycles. The molecule has 3 fully saturated rings. The van der Waals surface area contributed by atoms with Crippen molar-refractivity contribution in [2.75, 3.05) is 32.0 Å². The van der Waals surface area contributed by atoms with E-state index >= 15 is 0 Å². The highest BCUT2D eigenvalue weighted by atomic mass is 32.2. The van der Waals surface area contributed by atoms with Gasteiger partial charge in [0.15, 0.2) is 0 Å². The summed E-state index contributed by atoms with van der Waals surface area (Å²) in [6, 6.07) is 0.0285. The minimum Gasteiger partial charge on any atom is -0.363 e. The predicted octanol–water partition coefficient (Wildman–Crippen LogP) is 0.828. The third kappa shape index (κ3) is 2.90. The zero-order valence-corrected chi connectivity index (χ0v) is 14.3. The molecule has 0 radical (unpaired) electrons. The average Bonchev–Trinajstić information content (AvgIpc) is 3.33. The first-order valence-electron chi connectivity index (χ1n) is 8.29. The van der Waals surface area contributed by atoms with E-state index in [-0.39, 0.29) is 29.9 Å². The number of ether oxygens (including phenoxy) is 1. The summed E-state index contributed by atoms with van der Waals surface area (Å²) in [5.41, 5.74) is -0.372. The lowest BCUT2D eigenvalue weighted by atomic mass is 9.83. The molecular formula is C15H26N2O4S. The van der Waals surface area contributed by atoms with Gasteiger partial charge in [-0.05, 0) is 45.4 Å². The van der Waals surface area contributed by atoms with E-state index in [0.717, 1.165) is 6.54 Å².